The fourth-order valence-corrected chi connectivity index (χ4v) is 3.08. The second-order valence-corrected chi connectivity index (χ2v) is 8.01. The zero-order valence-electron chi connectivity index (χ0n) is 17.2. The normalized spacial score (nSPS) is 13.5. The highest BCUT2D eigenvalue weighted by Gasteiger charge is 2.21. The van der Waals surface area contributed by atoms with Crippen LogP contribution in [0.1, 0.15) is 37.7 Å². The van der Waals surface area contributed by atoms with Crippen molar-refractivity contribution in [2.75, 3.05) is 0 Å². The number of nitrogens with one attached hydrogen (secondary N) is 3. The Bertz CT molecular complexity index is 1400. The Labute approximate surface area is 183 Å². The van der Waals surface area contributed by atoms with E-state index in [1.807, 2.05) is 20.8 Å². The van der Waals surface area contributed by atoms with Crippen molar-refractivity contribution in [2.24, 2.45) is 0 Å². The van der Waals surface area contributed by atoms with Crippen molar-refractivity contribution in [3.8, 4) is 0 Å². The van der Waals surface area contributed by atoms with Crippen molar-refractivity contribution in [3.63, 3.8) is 0 Å². The molecule has 0 unspecified atom stereocenters. The number of benzene rings is 1. The predicted molar refractivity (Wildman–Crippen MR) is 124 cm³/mol. The summed E-state index contributed by atoms with van der Waals surface area (Å²) in [5.74, 6) is -0.957. The average Bonchev–Trinajstić information content (AvgIpc) is 3.20. The molecule has 0 amide bonds. The quantitative estimate of drug-likeness (QED) is 0.377. The molecule has 10 radical (unpaired) electrons. The van der Waals surface area contributed by atoms with Crippen LogP contribution < -0.4 is 43.7 Å². The number of aromatic nitrogens is 4. The van der Waals surface area contributed by atoms with Crippen molar-refractivity contribution in [1.29, 1.82) is 0 Å². The van der Waals surface area contributed by atoms with Crippen LogP contribution in [0.4, 0.5) is 4.39 Å². The van der Waals surface area contributed by atoms with Gasteiger partial charge in [-0.2, -0.15) is 0 Å². The van der Waals surface area contributed by atoms with E-state index >= 15 is 0 Å². The largest absolute Gasteiger partial charge is 0.348 e. The Morgan fingerprint density at radius 2 is 1.58 bits per heavy atom. The van der Waals surface area contributed by atoms with E-state index in [4.69, 9.17) is 39.2 Å². The van der Waals surface area contributed by atoms with Crippen LogP contribution in [0.25, 0.3) is 11.5 Å². The first-order chi connectivity index (χ1) is 14.3. The minimum absolute atomic E-state index is 0.00423. The van der Waals surface area contributed by atoms with Gasteiger partial charge in [0.15, 0.2) is 0 Å². The molecule has 31 heavy (non-hydrogen) atoms. The third-order valence-corrected chi connectivity index (χ3v) is 4.79. The summed E-state index contributed by atoms with van der Waals surface area (Å²) in [6.45, 7) is 5.83. The molecular weight excluding hydrogens is 389 g/mol. The fraction of sp³-hybridized carbons (Fsp3) is 0.211. The number of aromatic amines is 3. The van der Waals surface area contributed by atoms with E-state index in [0.717, 1.165) is 6.08 Å². The van der Waals surface area contributed by atoms with E-state index in [-0.39, 0.29) is 38.1 Å². The molecule has 12 heteroatoms. The highest BCUT2D eigenvalue weighted by Crippen LogP contribution is 2.24. The highest BCUT2D eigenvalue weighted by atomic mass is 19.1. The summed E-state index contributed by atoms with van der Waals surface area (Å²) in [4.78, 5) is 37.4. The van der Waals surface area contributed by atoms with Crippen molar-refractivity contribution in [2.45, 2.75) is 26.2 Å². The van der Waals surface area contributed by atoms with Crippen molar-refractivity contribution in [3.05, 3.63) is 60.5 Å². The van der Waals surface area contributed by atoms with Gasteiger partial charge < -0.3 is 15.0 Å². The Balaban J connectivity index is 2.30. The molecule has 3 aromatic rings. The lowest BCUT2D eigenvalue weighted by Crippen LogP contribution is -2.50. The smallest absolute Gasteiger partial charge is 0.272 e. The summed E-state index contributed by atoms with van der Waals surface area (Å²) >= 11 is 0. The van der Waals surface area contributed by atoms with Crippen molar-refractivity contribution >= 4 is 72.6 Å². The lowest BCUT2D eigenvalue weighted by Gasteiger charge is -2.18. The molecule has 0 bridgehead atoms. The fourth-order valence-electron chi connectivity index (χ4n) is 3.08. The van der Waals surface area contributed by atoms with Crippen LogP contribution in [0, 0.1) is 5.82 Å². The number of imidazole rings is 1. The Morgan fingerprint density at radius 3 is 2.13 bits per heavy atom. The third kappa shape index (κ3) is 4.03. The molecule has 0 aliphatic rings. The van der Waals surface area contributed by atoms with E-state index < -0.39 is 27.9 Å². The molecule has 6 nitrogen and oxygen atoms in total. The topological polar surface area (TPSA) is 94.4 Å². The second kappa shape index (κ2) is 7.98. The first-order valence-corrected chi connectivity index (χ1v) is 9.14. The first-order valence-electron chi connectivity index (χ1n) is 9.14. The SMILES string of the molecule is [B]/C(c1nc[nH]c1C(C)(C)C)=c1/[nH]c(=O)/c(=C/c2c([B])c([B])c(F)c([B])c2[B])[nH]c1=O. The Kier molecular flexibility index (Phi) is 5.87. The van der Waals surface area contributed by atoms with Gasteiger partial charge >= 0.3 is 0 Å². The lowest BCUT2D eigenvalue weighted by molar-refractivity contribution is 0.571. The average molecular weight is 403 g/mol. The van der Waals surface area contributed by atoms with Crippen LogP contribution in [0.5, 0.6) is 0 Å². The summed E-state index contributed by atoms with van der Waals surface area (Å²) in [5, 5.41) is -0.373. The number of rotatable bonds is 2. The number of nitrogens with zero attached hydrogens (tertiary/aromatic N) is 1. The third-order valence-electron chi connectivity index (χ3n) is 4.79. The van der Waals surface area contributed by atoms with Crippen LogP contribution in [0.15, 0.2) is 15.9 Å². The van der Waals surface area contributed by atoms with E-state index in [1.54, 1.807) is 0 Å². The van der Waals surface area contributed by atoms with Crippen LogP contribution in [-0.2, 0) is 5.41 Å². The van der Waals surface area contributed by atoms with Gasteiger partial charge in [0.05, 0.1) is 12.0 Å². The van der Waals surface area contributed by atoms with Gasteiger partial charge in [-0.1, -0.05) is 42.6 Å². The van der Waals surface area contributed by atoms with Gasteiger partial charge in [-0.15, -0.1) is 0 Å². The zero-order valence-corrected chi connectivity index (χ0v) is 17.2. The standard InChI is InChI=1S/C19H14B5FN4O2/c1-19(2,3)16-14(26-5-27-16)12(24)15-18(31)28-7(17(30)29-15)4-6-8(20)10(22)13(25)11(23)9(6)21/h4-5H,1-3H3,(H,26,27)(H,28,31)(H,29,30)/b7-4-,15-12+. The minimum atomic E-state index is -0.957. The predicted octanol–water partition coefficient (Wildman–Crippen LogP) is -4.45. The molecule has 0 atom stereocenters. The molecule has 3 rings (SSSR count). The molecule has 2 heterocycles. The number of hydrogen-bond donors (Lipinski definition) is 3. The van der Waals surface area contributed by atoms with Crippen LogP contribution in [0.3, 0.4) is 0 Å². The summed E-state index contributed by atoms with van der Waals surface area (Å²) in [5.41, 5.74) is -1.96. The maximum absolute atomic E-state index is 13.9. The molecule has 0 aliphatic carbocycles. The molecule has 3 N–H and O–H groups in total. The number of halogens is 1. The first kappa shape index (κ1) is 22.8. The zero-order chi connectivity index (χ0) is 23.2. The van der Waals surface area contributed by atoms with E-state index in [9.17, 15) is 14.0 Å². The molecule has 1 aromatic carbocycles. The molecule has 0 saturated carbocycles. The van der Waals surface area contributed by atoms with Crippen molar-refractivity contribution < 1.29 is 4.39 Å². The van der Waals surface area contributed by atoms with Gasteiger partial charge in [0, 0.05) is 11.1 Å². The van der Waals surface area contributed by atoms with Gasteiger partial charge in [0.25, 0.3) is 11.1 Å². The van der Waals surface area contributed by atoms with Crippen LogP contribution in [-0.4, -0.2) is 59.2 Å². The highest BCUT2D eigenvalue weighted by molar-refractivity contribution is 6.57. The van der Waals surface area contributed by atoms with Crippen LogP contribution >= 0.6 is 0 Å². The Hall–Kier alpha value is -2.90. The molecule has 2 aromatic heterocycles. The van der Waals surface area contributed by atoms with Crippen LogP contribution in [0.2, 0.25) is 0 Å². The Morgan fingerprint density at radius 1 is 1.00 bits per heavy atom. The van der Waals surface area contributed by atoms with Gasteiger partial charge in [-0.25, -0.2) is 9.37 Å². The molecule has 0 saturated heterocycles. The van der Waals surface area contributed by atoms with E-state index in [0.29, 0.717) is 11.4 Å². The molecule has 0 aliphatic heterocycles. The van der Waals surface area contributed by atoms with E-state index in [1.165, 1.54) is 6.33 Å². The molecule has 144 valence electrons. The molecular formula is C19H14B5FN4O2. The van der Waals surface area contributed by atoms with E-state index in [2.05, 4.69) is 19.9 Å². The summed E-state index contributed by atoms with van der Waals surface area (Å²) < 4.78 is 13.9. The van der Waals surface area contributed by atoms with Gasteiger partial charge in [-0.3, -0.25) is 9.59 Å². The van der Waals surface area contributed by atoms with Gasteiger partial charge in [0.1, 0.15) is 55.7 Å². The van der Waals surface area contributed by atoms with Gasteiger partial charge in [0.2, 0.25) is 0 Å². The maximum Gasteiger partial charge on any atom is 0.272 e. The summed E-state index contributed by atoms with van der Waals surface area (Å²) in [6.07, 6.45) is 2.61. The van der Waals surface area contributed by atoms with Crippen molar-refractivity contribution in [1.82, 2.24) is 19.9 Å². The summed E-state index contributed by atoms with van der Waals surface area (Å²) in [6, 6.07) is 0. The minimum Gasteiger partial charge on any atom is -0.348 e. The number of H-pyrrole nitrogens is 3. The summed E-state index contributed by atoms with van der Waals surface area (Å²) in [7, 11) is 29.0. The molecule has 0 spiro atoms. The number of hydrogen-bond acceptors (Lipinski definition) is 3. The maximum atomic E-state index is 13.9. The monoisotopic (exact) mass is 404 g/mol. The van der Waals surface area contributed by atoms with Gasteiger partial charge in [-0.05, 0) is 17.1 Å². The molecule has 0 fully saturated rings. The lowest BCUT2D eigenvalue weighted by atomic mass is 9.67. The second-order valence-electron chi connectivity index (χ2n) is 8.01.